The SMILES string of the molecule is COc1ccc(C(CC(=O)O)NC(=O)C2CCOC(C)C2)c(OC)c1. The van der Waals surface area contributed by atoms with Crippen molar-refractivity contribution in [3.63, 3.8) is 0 Å². The molecule has 1 amide bonds. The first-order valence-corrected chi connectivity index (χ1v) is 8.30. The lowest BCUT2D eigenvalue weighted by Gasteiger charge is -2.28. The van der Waals surface area contributed by atoms with E-state index in [4.69, 9.17) is 14.2 Å². The largest absolute Gasteiger partial charge is 0.497 e. The molecule has 0 aliphatic carbocycles. The van der Waals surface area contributed by atoms with Crippen LogP contribution in [0.15, 0.2) is 18.2 Å². The molecule has 0 radical (unpaired) electrons. The monoisotopic (exact) mass is 351 g/mol. The van der Waals surface area contributed by atoms with E-state index in [9.17, 15) is 14.7 Å². The standard InChI is InChI=1S/C18H25NO6/c1-11-8-12(6-7-25-11)18(22)19-15(10-17(20)21)14-5-4-13(23-2)9-16(14)24-3/h4-5,9,11-12,15H,6-8,10H2,1-3H3,(H,19,22)(H,20,21). The van der Waals surface area contributed by atoms with Gasteiger partial charge in [0.2, 0.25) is 5.91 Å². The zero-order valence-electron chi connectivity index (χ0n) is 14.8. The average molecular weight is 351 g/mol. The molecule has 0 aromatic heterocycles. The van der Waals surface area contributed by atoms with Crippen LogP contribution in [0.3, 0.4) is 0 Å². The Bertz CT molecular complexity index is 618. The number of ether oxygens (including phenoxy) is 3. The molecule has 0 bridgehead atoms. The normalized spacial score (nSPS) is 21.2. The Morgan fingerprint density at radius 2 is 2.12 bits per heavy atom. The van der Waals surface area contributed by atoms with E-state index in [1.165, 1.54) is 14.2 Å². The highest BCUT2D eigenvalue weighted by atomic mass is 16.5. The second-order valence-corrected chi connectivity index (χ2v) is 6.17. The van der Waals surface area contributed by atoms with Crippen LogP contribution in [0.4, 0.5) is 0 Å². The summed E-state index contributed by atoms with van der Waals surface area (Å²) in [4.78, 5) is 23.9. The number of aliphatic carboxylic acids is 1. The molecule has 1 saturated heterocycles. The molecule has 1 aliphatic rings. The maximum absolute atomic E-state index is 12.6. The molecular formula is C18H25NO6. The zero-order valence-corrected chi connectivity index (χ0v) is 14.8. The van der Waals surface area contributed by atoms with Gasteiger partial charge in [-0.1, -0.05) is 0 Å². The fraction of sp³-hybridized carbons (Fsp3) is 0.556. The first kappa shape index (κ1) is 19.1. The van der Waals surface area contributed by atoms with Gasteiger partial charge in [-0.2, -0.15) is 0 Å². The third-order valence-corrected chi connectivity index (χ3v) is 4.37. The molecule has 1 aromatic rings. The Kier molecular flexibility index (Phi) is 6.64. The van der Waals surface area contributed by atoms with Gasteiger partial charge < -0.3 is 24.6 Å². The second-order valence-electron chi connectivity index (χ2n) is 6.17. The van der Waals surface area contributed by atoms with Crippen molar-refractivity contribution >= 4 is 11.9 Å². The van der Waals surface area contributed by atoms with Crippen LogP contribution in [-0.4, -0.2) is 43.9 Å². The molecule has 1 aliphatic heterocycles. The summed E-state index contributed by atoms with van der Waals surface area (Å²) < 4.78 is 16.0. The number of carbonyl (C=O) groups is 2. The molecule has 3 unspecified atom stereocenters. The molecule has 3 atom stereocenters. The fourth-order valence-corrected chi connectivity index (χ4v) is 3.05. The highest BCUT2D eigenvalue weighted by molar-refractivity contribution is 5.80. The minimum atomic E-state index is -0.997. The van der Waals surface area contributed by atoms with Gasteiger partial charge in [0.15, 0.2) is 0 Å². The lowest BCUT2D eigenvalue weighted by atomic mass is 9.94. The van der Waals surface area contributed by atoms with E-state index >= 15 is 0 Å². The smallest absolute Gasteiger partial charge is 0.305 e. The lowest BCUT2D eigenvalue weighted by Crippen LogP contribution is -2.39. The van der Waals surface area contributed by atoms with Crippen LogP contribution in [0.2, 0.25) is 0 Å². The van der Waals surface area contributed by atoms with Crippen LogP contribution in [0.1, 0.15) is 37.8 Å². The van der Waals surface area contributed by atoms with Gasteiger partial charge >= 0.3 is 5.97 Å². The topological polar surface area (TPSA) is 94.1 Å². The molecule has 2 N–H and O–H groups in total. The van der Waals surface area contributed by atoms with E-state index in [2.05, 4.69) is 5.32 Å². The zero-order chi connectivity index (χ0) is 18.4. The van der Waals surface area contributed by atoms with Gasteiger partial charge in [0.05, 0.1) is 32.8 Å². The van der Waals surface area contributed by atoms with Crippen LogP contribution in [0.25, 0.3) is 0 Å². The molecule has 7 heteroatoms. The van der Waals surface area contributed by atoms with Gasteiger partial charge in [-0.25, -0.2) is 0 Å². The Balaban J connectivity index is 2.21. The van der Waals surface area contributed by atoms with E-state index in [0.717, 1.165) is 0 Å². The number of carboxylic acid groups (broad SMARTS) is 1. The van der Waals surface area contributed by atoms with Crippen molar-refractivity contribution in [3.8, 4) is 11.5 Å². The number of carboxylic acids is 1. The third-order valence-electron chi connectivity index (χ3n) is 4.37. The summed E-state index contributed by atoms with van der Waals surface area (Å²) in [7, 11) is 3.04. The lowest BCUT2D eigenvalue weighted by molar-refractivity contribution is -0.138. The molecule has 0 saturated carbocycles. The number of carbonyl (C=O) groups excluding carboxylic acids is 1. The van der Waals surface area contributed by atoms with Crippen LogP contribution in [0.5, 0.6) is 11.5 Å². The highest BCUT2D eigenvalue weighted by Crippen LogP contribution is 2.32. The van der Waals surface area contributed by atoms with Gasteiger partial charge in [0, 0.05) is 24.2 Å². The van der Waals surface area contributed by atoms with Crippen molar-refractivity contribution in [2.24, 2.45) is 5.92 Å². The number of hydrogen-bond donors (Lipinski definition) is 2. The Morgan fingerprint density at radius 1 is 1.36 bits per heavy atom. The van der Waals surface area contributed by atoms with Gasteiger partial charge in [-0.3, -0.25) is 9.59 Å². The highest BCUT2D eigenvalue weighted by Gasteiger charge is 2.29. The summed E-state index contributed by atoms with van der Waals surface area (Å²) in [6.07, 6.45) is 1.06. The molecule has 1 heterocycles. The van der Waals surface area contributed by atoms with Crippen LogP contribution in [0, 0.1) is 5.92 Å². The van der Waals surface area contributed by atoms with Gasteiger partial charge in [-0.05, 0) is 31.9 Å². The van der Waals surface area contributed by atoms with Gasteiger partial charge in [0.1, 0.15) is 11.5 Å². The minimum absolute atomic E-state index is 0.0259. The van der Waals surface area contributed by atoms with E-state index in [1.807, 2.05) is 6.92 Å². The van der Waals surface area contributed by atoms with Crippen LogP contribution in [-0.2, 0) is 14.3 Å². The molecule has 25 heavy (non-hydrogen) atoms. The summed E-state index contributed by atoms with van der Waals surface area (Å²) in [5.74, 6) is -0.252. The molecule has 7 nitrogen and oxygen atoms in total. The predicted octanol–water partition coefficient (Wildman–Crippen LogP) is 2.15. The van der Waals surface area contributed by atoms with E-state index < -0.39 is 12.0 Å². The summed E-state index contributed by atoms with van der Waals surface area (Å²) in [6, 6.07) is 4.43. The quantitative estimate of drug-likeness (QED) is 0.782. The summed E-state index contributed by atoms with van der Waals surface area (Å²) in [5.41, 5.74) is 0.610. The van der Waals surface area contributed by atoms with Crippen LogP contribution >= 0.6 is 0 Å². The van der Waals surface area contributed by atoms with Crippen molar-refractivity contribution in [1.82, 2.24) is 5.32 Å². The maximum Gasteiger partial charge on any atom is 0.305 e. The summed E-state index contributed by atoms with van der Waals surface area (Å²) >= 11 is 0. The first-order chi connectivity index (χ1) is 11.9. The molecule has 1 fully saturated rings. The van der Waals surface area contributed by atoms with Gasteiger partial charge in [-0.15, -0.1) is 0 Å². The Labute approximate surface area is 147 Å². The van der Waals surface area contributed by atoms with E-state index in [0.29, 0.717) is 36.5 Å². The van der Waals surface area contributed by atoms with E-state index in [1.54, 1.807) is 18.2 Å². The Morgan fingerprint density at radius 3 is 2.72 bits per heavy atom. The number of benzene rings is 1. The third kappa shape index (κ3) is 5.09. The summed E-state index contributed by atoms with van der Waals surface area (Å²) in [6.45, 7) is 2.47. The van der Waals surface area contributed by atoms with Crippen molar-refractivity contribution in [2.45, 2.75) is 38.3 Å². The number of amides is 1. The van der Waals surface area contributed by atoms with Crippen molar-refractivity contribution in [1.29, 1.82) is 0 Å². The van der Waals surface area contributed by atoms with Crippen LogP contribution < -0.4 is 14.8 Å². The fourth-order valence-electron chi connectivity index (χ4n) is 3.05. The second kappa shape index (κ2) is 8.71. The van der Waals surface area contributed by atoms with Crippen molar-refractivity contribution in [2.75, 3.05) is 20.8 Å². The molecular weight excluding hydrogens is 326 g/mol. The number of rotatable bonds is 7. The maximum atomic E-state index is 12.6. The van der Waals surface area contributed by atoms with E-state index in [-0.39, 0.29) is 24.3 Å². The molecule has 0 spiro atoms. The molecule has 2 rings (SSSR count). The molecule has 1 aromatic carbocycles. The average Bonchev–Trinajstić information content (AvgIpc) is 2.60. The Hall–Kier alpha value is -2.28. The number of methoxy groups -OCH3 is 2. The number of nitrogens with one attached hydrogen (secondary N) is 1. The minimum Gasteiger partial charge on any atom is -0.497 e. The van der Waals surface area contributed by atoms with Crippen molar-refractivity contribution in [3.05, 3.63) is 23.8 Å². The predicted molar refractivity (Wildman–Crippen MR) is 90.8 cm³/mol. The summed E-state index contributed by atoms with van der Waals surface area (Å²) in [5, 5.41) is 12.1. The molecule has 138 valence electrons. The van der Waals surface area contributed by atoms with Crippen molar-refractivity contribution < 1.29 is 28.9 Å². The van der Waals surface area contributed by atoms with Gasteiger partial charge in [0.25, 0.3) is 0 Å². The first-order valence-electron chi connectivity index (χ1n) is 8.30. The number of hydrogen-bond acceptors (Lipinski definition) is 5.